The molecule has 1 aromatic carbocycles. The molecule has 2 aromatic heterocycles. The molecule has 0 unspecified atom stereocenters. The fraction of sp³-hybridized carbons (Fsp3) is 0.118. The van der Waals surface area contributed by atoms with E-state index in [1.54, 1.807) is 12.4 Å². The summed E-state index contributed by atoms with van der Waals surface area (Å²) in [6.07, 6.45) is 4.50. The maximum Gasteiger partial charge on any atom is 0.227 e. The minimum absolute atomic E-state index is 0.575. The van der Waals surface area contributed by atoms with E-state index in [0.717, 1.165) is 23.5 Å². The van der Waals surface area contributed by atoms with E-state index in [0.29, 0.717) is 5.95 Å². The second kappa shape index (κ2) is 6.13. The topological polar surface area (TPSA) is 50.7 Å². The van der Waals surface area contributed by atoms with Gasteiger partial charge in [-0.15, -0.1) is 0 Å². The first-order valence-corrected chi connectivity index (χ1v) is 6.95. The van der Waals surface area contributed by atoms with Gasteiger partial charge in [-0.3, -0.25) is 4.98 Å². The van der Waals surface area contributed by atoms with Crippen molar-refractivity contribution < 1.29 is 0 Å². The molecule has 0 fully saturated rings. The van der Waals surface area contributed by atoms with Crippen molar-refractivity contribution in [1.82, 2.24) is 15.0 Å². The van der Waals surface area contributed by atoms with Crippen molar-refractivity contribution >= 4 is 11.6 Å². The summed E-state index contributed by atoms with van der Waals surface area (Å²) in [6.45, 7) is 2.14. The monoisotopic (exact) mass is 276 g/mol. The molecular weight excluding hydrogens is 260 g/mol. The van der Waals surface area contributed by atoms with Crippen LogP contribution in [0.4, 0.5) is 11.6 Å². The quantitative estimate of drug-likeness (QED) is 0.786. The second-order valence-electron chi connectivity index (χ2n) is 4.66. The van der Waals surface area contributed by atoms with E-state index in [1.165, 1.54) is 5.56 Å². The highest BCUT2D eigenvalue weighted by Crippen LogP contribution is 2.18. The summed E-state index contributed by atoms with van der Waals surface area (Å²) in [7, 11) is 0. The highest BCUT2D eigenvalue weighted by Gasteiger charge is 2.03. The molecule has 0 aliphatic heterocycles. The van der Waals surface area contributed by atoms with Gasteiger partial charge in [0.15, 0.2) is 0 Å². The second-order valence-corrected chi connectivity index (χ2v) is 4.66. The van der Waals surface area contributed by atoms with E-state index in [-0.39, 0.29) is 0 Å². The Balaban J connectivity index is 1.86. The fourth-order valence-corrected chi connectivity index (χ4v) is 2.07. The molecule has 0 aliphatic carbocycles. The number of pyridine rings is 1. The van der Waals surface area contributed by atoms with E-state index in [9.17, 15) is 0 Å². The Bertz CT molecular complexity index is 726. The number of nitrogens with one attached hydrogen (secondary N) is 1. The summed E-state index contributed by atoms with van der Waals surface area (Å²) in [6, 6.07) is 15.9. The normalized spacial score (nSPS) is 10.3. The molecule has 0 bridgehead atoms. The number of benzene rings is 1. The van der Waals surface area contributed by atoms with Gasteiger partial charge in [-0.2, -0.15) is 0 Å². The minimum Gasteiger partial charge on any atom is -0.324 e. The molecule has 104 valence electrons. The number of anilines is 2. The van der Waals surface area contributed by atoms with Gasteiger partial charge in [0, 0.05) is 18.1 Å². The summed E-state index contributed by atoms with van der Waals surface area (Å²) in [4.78, 5) is 13.1. The number of rotatable bonds is 4. The van der Waals surface area contributed by atoms with Crippen LogP contribution in [0.5, 0.6) is 0 Å². The Morgan fingerprint density at radius 3 is 2.67 bits per heavy atom. The molecule has 2 heterocycles. The number of nitrogens with zero attached hydrogens (tertiary/aromatic N) is 3. The van der Waals surface area contributed by atoms with E-state index in [4.69, 9.17) is 0 Å². The lowest BCUT2D eigenvalue weighted by Gasteiger charge is -2.07. The molecule has 1 N–H and O–H groups in total. The van der Waals surface area contributed by atoms with E-state index in [2.05, 4.69) is 39.3 Å². The highest BCUT2D eigenvalue weighted by atomic mass is 15.1. The van der Waals surface area contributed by atoms with Crippen molar-refractivity contribution in [3.05, 3.63) is 66.5 Å². The van der Waals surface area contributed by atoms with Crippen molar-refractivity contribution in [2.45, 2.75) is 13.3 Å². The van der Waals surface area contributed by atoms with Crippen LogP contribution in [-0.2, 0) is 6.42 Å². The fourth-order valence-electron chi connectivity index (χ4n) is 2.07. The maximum atomic E-state index is 4.51. The van der Waals surface area contributed by atoms with Crippen LogP contribution in [0.25, 0.3) is 11.4 Å². The van der Waals surface area contributed by atoms with Gasteiger partial charge in [0.2, 0.25) is 5.95 Å². The molecule has 4 heteroatoms. The average molecular weight is 276 g/mol. The standard InChI is InChI=1S/C17H16N4/c1-2-13-6-5-7-14(12-13)20-17-19-11-9-16(21-17)15-8-3-4-10-18-15/h3-12H,2H2,1H3,(H,19,20,21). The van der Waals surface area contributed by atoms with Gasteiger partial charge < -0.3 is 5.32 Å². The molecule has 0 spiro atoms. The molecule has 21 heavy (non-hydrogen) atoms. The third kappa shape index (κ3) is 3.23. The Morgan fingerprint density at radius 2 is 1.86 bits per heavy atom. The Morgan fingerprint density at radius 1 is 0.905 bits per heavy atom. The molecule has 4 nitrogen and oxygen atoms in total. The van der Waals surface area contributed by atoms with Gasteiger partial charge in [0.05, 0.1) is 11.4 Å². The van der Waals surface area contributed by atoms with Gasteiger partial charge in [0.1, 0.15) is 0 Å². The summed E-state index contributed by atoms with van der Waals surface area (Å²) >= 11 is 0. The number of hydrogen-bond acceptors (Lipinski definition) is 4. The summed E-state index contributed by atoms with van der Waals surface area (Å²) in [5.41, 5.74) is 3.92. The van der Waals surface area contributed by atoms with Crippen molar-refractivity contribution in [2.24, 2.45) is 0 Å². The van der Waals surface area contributed by atoms with Crippen LogP contribution in [0, 0.1) is 0 Å². The van der Waals surface area contributed by atoms with Crippen molar-refractivity contribution in [3.63, 3.8) is 0 Å². The van der Waals surface area contributed by atoms with Gasteiger partial charge in [-0.05, 0) is 42.3 Å². The summed E-state index contributed by atoms with van der Waals surface area (Å²) in [5, 5.41) is 3.24. The zero-order valence-corrected chi connectivity index (χ0v) is 11.8. The SMILES string of the molecule is CCc1cccc(Nc2nccc(-c3ccccn3)n2)c1. The van der Waals surface area contributed by atoms with Crippen molar-refractivity contribution in [2.75, 3.05) is 5.32 Å². The molecule has 0 aliphatic rings. The molecular formula is C17H16N4. The molecule has 3 aromatic rings. The summed E-state index contributed by atoms with van der Waals surface area (Å²) in [5.74, 6) is 0.575. The highest BCUT2D eigenvalue weighted by molar-refractivity contribution is 5.59. The number of aryl methyl sites for hydroxylation is 1. The Kier molecular flexibility index (Phi) is 3.87. The van der Waals surface area contributed by atoms with Crippen molar-refractivity contribution in [1.29, 1.82) is 0 Å². The maximum absolute atomic E-state index is 4.51. The molecule has 0 atom stereocenters. The number of hydrogen-bond donors (Lipinski definition) is 1. The van der Waals surface area contributed by atoms with Gasteiger partial charge in [0.25, 0.3) is 0 Å². The van der Waals surface area contributed by atoms with Crippen molar-refractivity contribution in [3.8, 4) is 11.4 Å². The predicted octanol–water partition coefficient (Wildman–Crippen LogP) is 3.84. The third-order valence-electron chi connectivity index (χ3n) is 3.17. The first-order chi connectivity index (χ1) is 10.3. The molecule has 0 saturated heterocycles. The Hall–Kier alpha value is -2.75. The lowest BCUT2D eigenvalue weighted by molar-refractivity contribution is 1.13. The zero-order valence-electron chi connectivity index (χ0n) is 11.8. The van der Waals surface area contributed by atoms with Crippen LogP contribution in [0.15, 0.2) is 60.9 Å². The van der Waals surface area contributed by atoms with Gasteiger partial charge in [-0.25, -0.2) is 9.97 Å². The van der Waals surface area contributed by atoms with Crippen LogP contribution < -0.4 is 5.32 Å². The largest absolute Gasteiger partial charge is 0.324 e. The smallest absolute Gasteiger partial charge is 0.227 e. The molecule has 0 radical (unpaired) electrons. The lowest BCUT2D eigenvalue weighted by atomic mass is 10.1. The van der Waals surface area contributed by atoms with Crippen LogP contribution >= 0.6 is 0 Å². The van der Waals surface area contributed by atoms with Gasteiger partial charge >= 0.3 is 0 Å². The zero-order chi connectivity index (χ0) is 14.5. The molecule has 0 amide bonds. The van der Waals surface area contributed by atoms with E-state index >= 15 is 0 Å². The third-order valence-corrected chi connectivity index (χ3v) is 3.17. The van der Waals surface area contributed by atoms with Gasteiger partial charge in [-0.1, -0.05) is 25.1 Å². The van der Waals surface area contributed by atoms with Crippen LogP contribution in [0.2, 0.25) is 0 Å². The summed E-state index contributed by atoms with van der Waals surface area (Å²) < 4.78 is 0. The van der Waals surface area contributed by atoms with Crippen LogP contribution in [0.1, 0.15) is 12.5 Å². The van der Waals surface area contributed by atoms with Crippen LogP contribution in [-0.4, -0.2) is 15.0 Å². The molecule has 0 saturated carbocycles. The Labute approximate surface area is 123 Å². The number of aromatic nitrogens is 3. The molecule has 3 rings (SSSR count). The average Bonchev–Trinajstić information content (AvgIpc) is 2.56. The predicted molar refractivity (Wildman–Crippen MR) is 84.4 cm³/mol. The van der Waals surface area contributed by atoms with Crippen LogP contribution in [0.3, 0.4) is 0 Å². The first kappa shape index (κ1) is 13.2. The minimum atomic E-state index is 0.575. The van der Waals surface area contributed by atoms with E-state index in [1.807, 2.05) is 36.4 Å². The lowest BCUT2D eigenvalue weighted by Crippen LogP contribution is -1.98. The first-order valence-electron chi connectivity index (χ1n) is 6.95. The van der Waals surface area contributed by atoms with E-state index < -0.39 is 0 Å².